The Balaban J connectivity index is 2.50. The summed E-state index contributed by atoms with van der Waals surface area (Å²) in [6.07, 6.45) is 9.27. The summed E-state index contributed by atoms with van der Waals surface area (Å²) in [5.41, 5.74) is 3.66. The van der Waals surface area contributed by atoms with Gasteiger partial charge in [-0.15, -0.1) is 6.42 Å². The van der Waals surface area contributed by atoms with Crippen molar-refractivity contribution < 1.29 is 5.11 Å². The molecule has 1 aliphatic carbocycles. The fourth-order valence-corrected chi connectivity index (χ4v) is 3.36. The maximum absolute atomic E-state index is 10.4. The van der Waals surface area contributed by atoms with E-state index >= 15 is 0 Å². The molecule has 0 aliphatic heterocycles. The van der Waals surface area contributed by atoms with Crippen LogP contribution in [0.1, 0.15) is 69.1 Å². The summed E-state index contributed by atoms with van der Waals surface area (Å²) in [7, 11) is 0. The molecule has 0 amide bonds. The number of nitrogens with zero attached hydrogens (tertiary/aromatic N) is 1. The monoisotopic (exact) mass is 259 g/mol. The van der Waals surface area contributed by atoms with Crippen molar-refractivity contribution in [2.45, 2.75) is 65.5 Å². The minimum atomic E-state index is -0.348. The van der Waals surface area contributed by atoms with E-state index in [4.69, 9.17) is 6.42 Å². The van der Waals surface area contributed by atoms with E-state index in [0.717, 1.165) is 31.2 Å². The molecule has 2 heteroatoms. The Morgan fingerprint density at radius 1 is 1.58 bits per heavy atom. The van der Waals surface area contributed by atoms with Crippen molar-refractivity contribution >= 4 is 0 Å². The topological polar surface area (TPSA) is 25.2 Å². The molecule has 0 aromatic carbocycles. The van der Waals surface area contributed by atoms with Gasteiger partial charge in [0.1, 0.15) is 0 Å². The van der Waals surface area contributed by atoms with E-state index in [1.54, 1.807) is 0 Å². The SMILES string of the molecule is C#CC(CCC)n1c(C)cc2c1CC(C)(C)CC2O. The van der Waals surface area contributed by atoms with Gasteiger partial charge in [0.05, 0.1) is 12.1 Å². The number of aromatic nitrogens is 1. The first-order chi connectivity index (χ1) is 8.89. The van der Waals surface area contributed by atoms with Crippen molar-refractivity contribution in [1.82, 2.24) is 4.57 Å². The van der Waals surface area contributed by atoms with Gasteiger partial charge in [-0.3, -0.25) is 0 Å². The summed E-state index contributed by atoms with van der Waals surface area (Å²) < 4.78 is 2.28. The Labute approximate surface area is 116 Å². The first kappa shape index (κ1) is 14.2. The van der Waals surface area contributed by atoms with Crippen LogP contribution < -0.4 is 0 Å². The van der Waals surface area contributed by atoms with Crippen molar-refractivity contribution in [3.8, 4) is 12.3 Å². The Hall–Kier alpha value is -1.20. The van der Waals surface area contributed by atoms with E-state index in [1.165, 1.54) is 11.4 Å². The largest absolute Gasteiger partial charge is 0.388 e. The molecular weight excluding hydrogens is 234 g/mol. The fraction of sp³-hybridized carbons (Fsp3) is 0.647. The molecule has 0 saturated carbocycles. The summed E-state index contributed by atoms with van der Waals surface area (Å²) in [6.45, 7) is 8.69. The van der Waals surface area contributed by atoms with Gasteiger partial charge in [-0.2, -0.15) is 0 Å². The molecule has 1 aromatic heterocycles. The first-order valence-corrected chi connectivity index (χ1v) is 7.24. The molecule has 2 atom stereocenters. The number of rotatable bonds is 3. The molecule has 2 unspecified atom stereocenters. The lowest BCUT2D eigenvalue weighted by atomic mass is 9.75. The number of hydrogen-bond donors (Lipinski definition) is 1. The third-order valence-electron chi connectivity index (χ3n) is 4.19. The lowest BCUT2D eigenvalue weighted by molar-refractivity contribution is 0.0977. The Morgan fingerprint density at radius 3 is 2.84 bits per heavy atom. The summed E-state index contributed by atoms with van der Waals surface area (Å²) in [4.78, 5) is 0. The smallest absolute Gasteiger partial charge is 0.0943 e. The molecule has 2 rings (SSSR count). The zero-order valence-corrected chi connectivity index (χ0v) is 12.5. The lowest BCUT2D eigenvalue weighted by Gasteiger charge is -2.34. The molecule has 1 aliphatic rings. The molecule has 104 valence electrons. The van der Waals surface area contributed by atoms with Crippen LogP contribution in [0.5, 0.6) is 0 Å². The van der Waals surface area contributed by atoms with E-state index in [1.807, 2.05) is 0 Å². The summed E-state index contributed by atoms with van der Waals surface area (Å²) in [5.74, 6) is 2.92. The van der Waals surface area contributed by atoms with Crippen LogP contribution in [0.4, 0.5) is 0 Å². The van der Waals surface area contributed by atoms with Crippen molar-refractivity contribution in [2.75, 3.05) is 0 Å². The Bertz CT molecular complexity index is 504. The highest BCUT2D eigenvalue weighted by molar-refractivity contribution is 5.35. The Kier molecular flexibility index (Phi) is 3.78. The summed E-state index contributed by atoms with van der Waals surface area (Å²) in [6, 6.07) is 2.24. The van der Waals surface area contributed by atoms with Crippen molar-refractivity contribution in [2.24, 2.45) is 5.41 Å². The lowest BCUT2D eigenvalue weighted by Crippen LogP contribution is -2.27. The molecule has 1 aromatic rings. The predicted octanol–water partition coefficient (Wildman–Crippen LogP) is 3.78. The molecule has 0 bridgehead atoms. The molecule has 2 nitrogen and oxygen atoms in total. The second-order valence-electron chi connectivity index (χ2n) is 6.59. The maximum atomic E-state index is 10.4. The zero-order valence-electron chi connectivity index (χ0n) is 12.5. The van der Waals surface area contributed by atoms with Gasteiger partial charge in [0, 0.05) is 17.0 Å². The van der Waals surface area contributed by atoms with E-state index in [0.29, 0.717) is 0 Å². The fourth-order valence-electron chi connectivity index (χ4n) is 3.36. The predicted molar refractivity (Wildman–Crippen MR) is 79.0 cm³/mol. The molecule has 1 N–H and O–H groups in total. The second-order valence-corrected chi connectivity index (χ2v) is 6.59. The number of hydrogen-bond acceptors (Lipinski definition) is 1. The number of aryl methyl sites for hydroxylation is 1. The molecule has 0 saturated heterocycles. The third kappa shape index (κ3) is 2.58. The van der Waals surface area contributed by atoms with Gasteiger partial charge in [-0.25, -0.2) is 0 Å². The highest BCUT2D eigenvalue weighted by Gasteiger charge is 2.34. The van der Waals surface area contributed by atoms with E-state index in [2.05, 4.69) is 44.2 Å². The number of aliphatic hydroxyl groups excluding tert-OH is 1. The van der Waals surface area contributed by atoms with Crippen LogP contribution in [-0.4, -0.2) is 9.67 Å². The number of terminal acetylenes is 1. The summed E-state index contributed by atoms with van der Waals surface area (Å²) >= 11 is 0. The quantitative estimate of drug-likeness (QED) is 0.821. The van der Waals surface area contributed by atoms with Crippen LogP contribution in [0.25, 0.3) is 0 Å². The highest BCUT2D eigenvalue weighted by Crippen LogP contribution is 2.43. The molecule has 0 spiro atoms. The highest BCUT2D eigenvalue weighted by atomic mass is 16.3. The minimum Gasteiger partial charge on any atom is -0.388 e. The average molecular weight is 259 g/mol. The van der Waals surface area contributed by atoms with E-state index in [9.17, 15) is 5.11 Å². The van der Waals surface area contributed by atoms with Gasteiger partial charge < -0.3 is 9.67 Å². The zero-order chi connectivity index (χ0) is 14.2. The van der Waals surface area contributed by atoms with Crippen molar-refractivity contribution in [3.63, 3.8) is 0 Å². The number of fused-ring (bicyclic) bond motifs is 1. The second kappa shape index (κ2) is 5.06. The van der Waals surface area contributed by atoms with Gasteiger partial charge >= 0.3 is 0 Å². The van der Waals surface area contributed by atoms with Gasteiger partial charge in [0.15, 0.2) is 0 Å². The van der Waals surface area contributed by atoms with Crippen molar-refractivity contribution in [3.05, 3.63) is 23.0 Å². The Morgan fingerprint density at radius 2 is 2.26 bits per heavy atom. The maximum Gasteiger partial charge on any atom is 0.0943 e. The number of aliphatic hydroxyl groups is 1. The van der Waals surface area contributed by atoms with Crippen LogP contribution in [0.2, 0.25) is 0 Å². The van der Waals surface area contributed by atoms with Crippen LogP contribution >= 0.6 is 0 Å². The molecule has 1 heterocycles. The van der Waals surface area contributed by atoms with Gasteiger partial charge in [-0.05, 0) is 37.7 Å². The van der Waals surface area contributed by atoms with Crippen LogP contribution in [-0.2, 0) is 6.42 Å². The first-order valence-electron chi connectivity index (χ1n) is 7.24. The molecule has 0 fully saturated rings. The van der Waals surface area contributed by atoms with Gasteiger partial charge in [-0.1, -0.05) is 33.1 Å². The van der Waals surface area contributed by atoms with Crippen LogP contribution in [0.15, 0.2) is 6.07 Å². The van der Waals surface area contributed by atoms with E-state index < -0.39 is 0 Å². The third-order valence-corrected chi connectivity index (χ3v) is 4.19. The molecule has 0 radical (unpaired) electrons. The standard InChI is InChI=1S/C17H25NO/c1-6-8-13(7-2)18-12(3)9-14-15(18)10-17(4,5)11-16(14)19/h2,9,13,16,19H,6,8,10-11H2,1,3-5H3. The average Bonchev–Trinajstić information content (AvgIpc) is 2.62. The normalized spacial score (nSPS) is 22.6. The van der Waals surface area contributed by atoms with Gasteiger partial charge in [0.2, 0.25) is 0 Å². The van der Waals surface area contributed by atoms with Crippen molar-refractivity contribution in [1.29, 1.82) is 0 Å². The summed E-state index contributed by atoms with van der Waals surface area (Å²) in [5, 5.41) is 10.4. The van der Waals surface area contributed by atoms with Gasteiger partial charge in [0.25, 0.3) is 0 Å². The van der Waals surface area contributed by atoms with Crippen LogP contribution in [0, 0.1) is 24.7 Å². The molecule has 19 heavy (non-hydrogen) atoms. The molecular formula is C17H25NO. The van der Waals surface area contributed by atoms with E-state index in [-0.39, 0.29) is 17.6 Å². The van der Waals surface area contributed by atoms with Crippen LogP contribution in [0.3, 0.4) is 0 Å². The minimum absolute atomic E-state index is 0.120.